The highest BCUT2D eigenvalue weighted by molar-refractivity contribution is 6.01. The third kappa shape index (κ3) is 2.91. The molecule has 0 saturated heterocycles. The first-order chi connectivity index (χ1) is 11.8. The summed E-state index contributed by atoms with van der Waals surface area (Å²) in [5.41, 5.74) is 5.87. The number of ether oxygens (including phenoxy) is 1. The number of urea groups is 1. The van der Waals surface area contributed by atoms with Crippen LogP contribution in [0.15, 0.2) is 23.4 Å². The Balaban J connectivity index is 2.04. The number of hydrogen-bond donors (Lipinski definition) is 1. The smallest absolute Gasteiger partial charge is 0.322 e. The first-order valence-corrected chi connectivity index (χ1v) is 8.48. The lowest BCUT2D eigenvalue weighted by Crippen LogP contribution is -2.45. The molecule has 2 aliphatic heterocycles. The molecule has 0 spiro atoms. The van der Waals surface area contributed by atoms with Gasteiger partial charge in [0.25, 0.3) is 5.91 Å². The monoisotopic (exact) mass is 343 g/mol. The van der Waals surface area contributed by atoms with E-state index in [2.05, 4.69) is 24.4 Å². The summed E-state index contributed by atoms with van der Waals surface area (Å²) in [5.74, 6) is -0.0264. The van der Waals surface area contributed by atoms with E-state index in [0.717, 1.165) is 22.4 Å². The van der Waals surface area contributed by atoms with Crippen molar-refractivity contribution in [2.75, 3.05) is 33.9 Å². The number of nitrogens with one attached hydrogen (secondary N) is 1. The summed E-state index contributed by atoms with van der Waals surface area (Å²) in [6, 6.07) is 3.61. The quantitative estimate of drug-likeness (QED) is 0.910. The maximum atomic E-state index is 13.0. The van der Waals surface area contributed by atoms with Crippen LogP contribution in [0.4, 0.5) is 4.79 Å². The number of rotatable bonds is 4. The van der Waals surface area contributed by atoms with Crippen molar-refractivity contribution in [3.05, 3.63) is 45.7 Å². The van der Waals surface area contributed by atoms with Crippen molar-refractivity contribution in [3.8, 4) is 0 Å². The first kappa shape index (κ1) is 17.5. The molecule has 2 aliphatic rings. The van der Waals surface area contributed by atoms with E-state index in [1.807, 2.05) is 13.8 Å². The number of amides is 3. The molecule has 6 heteroatoms. The van der Waals surface area contributed by atoms with Crippen molar-refractivity contribution < 1.29 is 14.3 Å². The number of carbonyl (C=O) groups is 2. The summed E-state index contributed by atoms with van der Waals surface area (Å²) < 4.78 is 5.10. The Morgan fingerprint density at radius 1 is 1.16 bits per heavy atom. The molecule has 1 aromatic rings. The van der Waals surface area contributed by atoms with Crippen LogP contribution in [-0.2, 0) is 9.53 Å². The number of hydrogen-bond acceptors (Lipinski definition) is 3. The predicted molar refractivity (Wildman–Crippen MR) is 95.2 cm³/mol. The van der Waals surface area contributed by atoms with Gasteiger partial charge in [-0.1, -0.05) is 12.1 Å². The van der Waals surface area contributed by atoms with E-state index in [9.17, 15) is 9.59 Å². The van der Waals surface area contributed by atoms with Gasteiger partial charge in [-0.3, -0.25) is 9.69 Å². The second-order valence-electron chi connectivity index (χ2n) is 6.81. The molecule has 134 valence electrons. The summed E-state index contributed by atoms with van der Waals surface area (Å²) in [6.45, 7) is 7.58. The Kier molecular flexibility index (Phi) is 4.56. The van der Waals surface area contributed by atoms with Gasteiger partial charge in [0.2, 0.25) is 0 Å². The lowest BCUT2D eigenvalue weighted by molar-refractivity contribution is -0.126. The standard InChI is InChI=1S/C19H25N3O3/c1-11-8-13(3)14(9-12(11)2)17-16-15(21(4)19(24)20-17)10-22(18(16)23)6-7-25-5/h8-9,17H,6-7,10H2,1-5H3,(H,20,24)/t17-/m0/s1. The lowest BCUT2D eigenvalue weighted by atomic mass is 9.90. The molecule has 3 amide bonds. The molecule has 0 unspecified atom stereocenters. The number of benzene rings is 1. The van der Waals surface area contributed by atoms with E-state index >= 15 is 0 Å². The summed E-state index contributed by atoms with van der Waals surface area (Å²) >= 11 is 0. The SMILES string of the molecule is COCCN1CC2=C(C1=O)[C@H](c1cc(C)c(C)cc1C)NC(=O)N2C. The van der Waals surface area contributed by atoms with Gasteiger partial charge >= 0.3 is 6.03 Å². The van der Waals surface area contributed by atoms with E-state index in [1.165, 1.54) is 5.56 Å². The zero-order valence-electron chi connectivity index (χ0n) is 15.5. The van der Waals surface area contributed by atoms with Crippen molar-refractivity contribution >= 4 is 11.9 Å². The van der Waals surface area contributed by atoms with Crippen molar-refractivity contribution in [1.82, 2.24) is 15.1 Å². The molecule has 1 aromatic carbocycles. The average molecular weight is 343 g/mol. The Bertz CT molecular complexity index is 769. The highest BCUT2D eigenvalue weighted by atomic mass is 16.5. The van der Waals surface area contributed by atoms with Crippen LogP contribution in [-0.4, -0.2) is 55.6 Å². The van der Waals surface area contributed by atoms with Crippen molar-refractivity contribution in [2.45, 2.75) is 26.8 Å². The van der Waals surface area contributed by atoms with Crippen molar-refractivity contribution in [1.29, 1.82) is 0 Å². The number of methoxy groups -OCH3 is 1. The second kappa shape index (κ2) is 6.52. The molecule has 0 saturated carbocycles. The minimum atomic E-state index is -0.405. The van der Waals surface area contributed by atoms with Crippen LogP contribution in [0.2, 0.25) is 0 Å². The fourth-order valence-electron chi connectivity index (χ4n) is 3.53. The molecule has 0 radical (unpaired) electrons. The number of likely N-dealkylation sites (N-methyl/N-ethyl adjacent to an activating group) is 1. The Morgan fingerprint density at radius 2 is 1.84 bits per heavy atom. The largest absolute Gasteiger partial charge is 0.383 e. The topological polar surface area (TPSA) is 61.9 Å². The van der Waals surface area contributed by atoms with Gasteiger partial charge in [-0.2, -0.15) is 0 Å². The first-order valence-electron chi connectivity index (χ1n) is 8.48. The third-order valence-corrected chi connectivity index (χ3v) is 5.19. The van der Waals surface area contributed by atoms with Gasteiger partial charge in [-0.25, -0.2) is 4.79 Å². The zero-order chi connectivity index (χ0) is 18.3. The van der Waals surface area contributed by atoms with E-state index in [0.29, 0.717) is 25.3 Å². The van der Waals surface area contributed by atoms with E-state index in [4.69, 9.17) is 4.74 Å². The molecule has 1 N–H and O–H groups in total. The summed E-state index contributed by atoms with van der Waals surface area (Å²) in [6.07, 6.45) is 0. The Labute approximate surface area is 148 Å². The minimum absolute atomic E-state index is 0.0264. The summed E-state index contributed by atoms with van der Waals surface area (Å²) in [5, 5.41) is 3.00. The lowest BCUT2D eigenvalue weighted by Gasteiger charge is -2.32. The van der Waals surface area contributed by atoms with Gasteiger partial charge in [0.1, 0.15) is 0 Å². The summed E-state index contributed by atoms with van der Waals surface area (Å²) in [4.78, 5) is 28.7. The highest BCUT2D eigenvalue weighted by Gasteiger charge is 2.43. The number of carbonyl (C=O) groups excluding carboxylic acids is 2. The molecule has 1 atom stereocenters. The van der Waals surface area contributed by atoms with E-state index in [1.54, 1.807) is 24.0 Å². The Morgan fingerprint density at radius 3 is 2.52 bits per heavy atom. The molecular formula is C19H25N3O3. The van der Waals surface area contributed by atoms with Crippen molar-refractivity contribution in [2.24, 2.45) is 0 Å². The fraction of sp³-hybridized carbons (Fsp3) is 0.474. The second-order valence-corrected chi connectivity index (χ2v) is 6.81. The van der Waals surface area contributed by atoms with E-state index in [-0.39, 0.29) is 11.9 Å². The summed E-state index contributed by atoms with van der Waals surface area (Å²) in [7, 11) is 3.33. The number of aryl methyl sites for hydroxylation is 3. The average Bonchev–Trinajstić information content (AvgIpc) is 2.90. The van der Waals surface area contributed by atoms with Crippen LogP contribution < -0.4 is 5.32 Å². The molecular weight excluding hydrogens is 318 g/mol. The molecule has 2 heterocycles. The molecule has 0 fully saturated rings. The van der Waals surface area contributed by atoms with Crippen LogP contribution in [0.3, 0.4) is 0 Å². The van der Waals surface area contributed by atoms with Crippen molar-refractivity contribution in [3.63, 3.8) is 0 Å². The minimum Gasteiger partial charge on any atom is -0.383 e. The van der Waals surface area contributed by atoms with Crippen LogP contribution in [0.5, 0.6) is 0 Å². The zero-order valence-corrected chi connectivity index (χ0v) is 15.5. The predicted octanol–water partition coefficient (Wildman–Crippen LogP) is 2.05. The molecule has 0 bridgehead atoms. The van der Waals surface area contributed by atoms with E-state index < -0.39 is 6.04 Å². The van der Waals surface area contributed by atoms with Gasteiger partial charge in [0.15, 0.2) is 0 Å². The Hall–Kier alpha value is -2.34. The van der Waals surface area contributed by atoms with Crippen LogP contribution in [0, 0.1) is 20.8 Å². The molecule has 0 aliphatic carbocycles. The van der Waals surface area contributed by atoms with Crippen LogP contribution in [0.1, 0.15) is 28.3 Å². The maximum absolute atomic E-state index is 13.0. The van der Waals surface area contributed by atoms with Gasteiger partial charge in [0, 0.05) is 20.7 Å². The normalized spacial score (nSPS) is 20.3. The van der Waals surface area contributed by atoms with Crippen LogP contribution >= 0.6 is 0 Å². The molecule has 0 aromatic heterocycles. The van der Waals surface area contributed by atoms with Gasteiger partial charge < -0.3 is 15.0 Å². The molecule has 6 nitrogen and oxygen atoms in total. The molecule has 25 heavy (non-hydrogen) atoms. The maximum Gasteiger partial charge on any atom is 0.322 e. The third-order valence-electron chi connectivity index (χ3n) is 5.19. The number of nitrogens with zero attached hydrogens (tertiary/aromatic N) is 2. The van der Waals surface area contributed by atoms with Gasteiger partial charge in [-0.15, -0.1) is 0 Å². The van der Waals surface area contributed by atoms with Gasteiger partial charge in [0.05, 0.1) is 30.5 Å². The fourth-order valence-corrected chi connectivity index (χ4v) is 3.53. The van der Waals surface area contributed by atoms with Crippen LogP contribution in [0.25, 0.3) is 0 Å². The highest BCUT2D eigenvalue weighted by Crippen LogP contribution is 2.37. The van der Waals surface area contributed by atoms with Gasteiger partial charge in [-0.05, 0) is 43.0 Å². The molecule has 3 rings (SSSR count).